The number of likely N-dealkylation sites (tertiary alicyclic amines) is 1. The quantitative estimate of drug-likeness (QED) is 0.136. The molecule has 6 unspecified atom stereocenters. The molecule has 2 aliphatic heterocycles. The van der Waals surface area contributed by atoms with Crippen molar-refractivity contribution >= 4 is 52.5 Å². The van der Waals surface area contributed by atoms with Gasteiger partial charge in [-0.25, -0.2) is 26.9 Å². The predicted octanol–water partition coefficient (Wildman–Crippen LogP) is 4.28. The minimum atomic E-state index is -2.62. The van der Waals surface area contributed by atoms with Gasteiger partial charge in [-0.3, -0.25) is 24.1 Å². The van der Waals surface area contributed by atoms with E-state index in [0.717, 1.165) is 4.90 Å². The molecule has 7 nitrogen and oxygen atoms in total. The molecule has 6 rings (SSSR count). The van der Waals surface area contributed by atoms with Crippen molar-refractivity contribution in [3.63, 3.8) is 0 Å². The fourth-order valence-corrected chi connectivity index (χ4v) is 7.74. The highest BCUT2D eigenvalue weighted by Gasteiger charge is 2.77. The number of rotatable bonds is 2. The first-order valence-electron chi connectivity index (χ1n) is 12.3. The molecule has 1 N–H and O–H groups in total. The molecule has 3 fully saturated rings. The summed E-state index contributed by atoms with van der Waals surface area (Å²) in [6.07, 6.45) is 1.04. The van der Waals surface area contributed by atoms with Crippen LogP contribution in [-0.4, -0.2) is 50.4 Å². The maximum Gasteiger partial charge on any atom is 0.258 e. The van der Waals surface area contributed by atoms with E-state index in [0.29, 0.717) is 5.57 Å². The molecule has 41 heavy (non-hydrogen) atoms. The molecule has 2 aromatic carbocycles. The summed E-state index contributed by atoms with van der Waals surface area (Å²) in [6, 6.07) is 5.31. The monoisotopic (exact) mass is 614 g/mol. The van der Waals surface area contributed by atoms with Gasteiger partial charge < -0.3 is 5.11 Å². The number of fused-ring (bicyclic) bond motifs is 4. The Labute approximate surface area is 238 Å². The van der Waals surface area contributed by atoms with Gasteiger partial charge in [0.05, 0.1) is 11.8 Å². The van der Waals surface area contributed by atoms with Crippen molar-refractivity contribution in [1.29, 1.82) is 0 Å². The van der Waals surface area contributed by atoms with E-state index in [1.165, 1.54) is 31.3 Å². The van der Waals surface area contributed by atoms with Crippen LogP contribution >= 0.6 is 23.2 Å². The van der Waals surface area contributed by atoms with Crippen LogP contribution in [0.5, 0.6) is 5.75 Å². The molecule has 2 aromatic rings. The average molecular weight is 615 g/mol. The number of imide groups is 2. The van der Waals surface area contributed by atoms with Crippen molar-refractivity contribution in [3.05, 3.63) is 70.6 Å². The third-order valence-corrected chi connectivity index (χ3v) is 10.1. The summed E-state index contributed by atoms with van der Waals surface area (Å²) in [5.41, 5.74) is -1.42. The van der Waals surface area contributed by atoms with E-state index in [1.54, 1.807) is 6.08 Å². The Bertz CT molecular complexity index is 1620. The number of anilines is 1. The maximum atomic E-state index is 14.9. The number of halogens is 7. The summed E-state index contributed by atoms with van der Waals surface area (Å²) in [7, 11) is 1.29. The lowest BCUT2D eigenvalue weighted by Gasteiger charge is -2.50. The SMILES string of the molecule is CN1C(=O)C2CC=C3C(CC4(Cl)C(=O)N(c5c(F)c(F)c(F)c(F)c5F)C(=O)C4(Cl)C3c3cccc(O)c3)C2C1=O. The number of phenols is 1. The van der Waals surface area contributed by atoms with Crippen LogP contribution in [0.3, 0.4) is 0 Å². The van der Waals surface area contributed by atoms with Gasteiger partial charge in [0.25, 0.3) is 11.8 Å². The zero-order valence-electron chi connectivity index (χ0n) is 20.7. The van der Waals surface area contributed by atoms with Crippen molar-refractivity contribution in [3.8, 4) is 5.75 Å². The molecule has 2 saturated heterocycles. The third kappa shape index (κ3) is 3.25. The van der Waals surface area contributed by atoms with Gasteiger partial charge in [-0.1, -0.05) is 23.8 Å². The molecule has 0 radical (unpaired) electrons. The topological polar surface area (TPSA) is 95.0 Å². The van der Waals surface area contributed by atoms with Crippen LogP contribution in [0.15, 0.2) is 35.9 Å². The second-order valence-corrected chi connectivity index (χ2v) is 11.8. The Morgan fingerprint density at radius 1 is 0.878 bits per heavy atom. The summed E-state index contributed by atoms with van der Waals surface area (Å²) in [5.74, 6) is -21.0. The van der Waals surface area contributed by atoms with Crippen molar-refractivity contribution in [2.24, 2.45) is 17.8 Å². The number of alkyl halides is 2. The van der Waals surface area contributed by atoms with Crippen LogP contribution < -0.4 is 4.90 Å². The number of phenolic OH excluding ortho intramolecular Hbond substituents is 1. The number of hydrogen-bond donors (Lipinski definition) is 1. The molecule has 14 heteroatoms. The van der Waals surface area contributed by atoms with E-state index in [-0.39, 0.29) is 22.6 Å². The fraction of sp³-hybridized carbons (Fsp3) is 0.333. The standard InChI is InChI=1S/C27H17Cl2F5N2O5/c1-35-22(38)12-6-5-11-13(14(12)23(35)39)8-26(28)24(40)36(21-19(33)17(31)16(30)18(32)20(21)34)25(41)27(26,29)15(11)9-3-2-4-10(37)7-9/h2-5,7,12-15,37H,6,8H2,1H3. The van der Waals surface area contributed by atoms with E-state index in [4.69, 9.17) is 23.2 Å². The van der Waals surface area contributed by atoms with E-state index < -0.39 is 98.2 Å². The molecule has 0 spiro atoms. The predicted molar refractivity (Wildman–Crippen MR) is 132 cm³/mol. The Kier molecular flexibility index (Phi) is 5.90. The zero-order valence-corrected chi connectivity index (χ0v) is 22.2. The second kappa shape index (κ2) is 8.75. The molecular weight excluding hydrogens is 598 g/mol. The number of aromatic hydroxyl groups is 1. The first kappa shape index (κ1) is 27.6. The first-order valence-corrected chi connectivity index (χ1v) is 13.0. The van der Waals surface area contributed by atoms with Crippen LogP contribution in [0.2, 0.25) is 0 Å². The Balaban J connectivity index is 1.61. The van der Waals surface area contributed by atoms with Gasteiger partial charge in [0, 0.05) is 13.0 Å². The van der Waals surface area contributed by atoms with Crippen molar-refractivity contribution in [1.82, 2.24) is 4.90 Å². The van der Waals surface area contributed by atoms with E-state index >= 15 is 0 Å². The summed E-state index contributed by atoms with van der Waals surface area (Å²) >= 11 is 13.9. The van der Waals surface area contributed by atoms with Crippen LogP contribution in [-0.2, 0) is 19.2 Å². The molecule has 0 aromatic heterocycles. The van der Waals surface area contributed by atoms with E-state index in [2.05, 4.69) is 0 Å². The lowest BCUT2D eigenvalue weighted by molar-refractivity contribution is -0.138. The van der Waals surface area contributed by atoms with Crippen molar-refractivity contribution < 1.29 is 46.2 Å². The van der Waals surface area contributed by atoms with Crippen molar-refractivity contribution in [2.75, 3.05) is 11.9 Å². The summed E-state index contributed by atoms with van der Waals surface area (Å²) in [4.78, 5) is 49.4. The number of nitrogens with zero attached hydrogens (tertiary/aromatic N) is 2. The normalized spacial score (nSPS) is 32.7. The molecule has 2 heterocycles. The molecule has 4 aliphatic rings. The minimum Gasteiger partial charge on any atom is -0.508 e. The number of allylic oxidation sites excluding steroid dienone is 2. The maximum absolute atomic E-state index is 14.9. The third-order valence-electron chi connectivity index (χ3n) is 8.65. The molecule has 2 aliphatic carbocycles. The lowest BCUT2D eigenvalue weighted by atomic mass is 9.56. The molecule has 1 saturated carbocycles. The average Bonchev–Trinajstić information content (AvgIpc) is 3.24. The second-order valence-electron chi connectivity index (χ2n) is 10.5. The molecular formula is C27H17Cl2F5N2O5. The minimum absolute atomic E-state index is 0.0481. The highest BCUT2D eigenvalue weighted by Crippen LogP contribution is 2.66. The first-order chi connectivity index (χ1) is 19.2. The summed E-state index contributed by atoms with van der Waals surface area (Å²) in [6.45, 7) is 0. The number of benzene rings is 2. The van der Waals surface area contributed by atoms with Gasteiger partial charge >= 0.3 is 0 Å². The van der Waals surface area contributed by atoms with Gasteiger partial charge in [-0.05, 0) is 36.5 Å². The highest BCUT2D eigenvalue weighted by atomic mass is 35.5. The van der Waals surface area contributed by atoms with Gasteiger partial charge in [-0.15, -0.1) is 23.2 Å². The van der Waals surface area contributed by atoms with Gasteiger partial charge in [0.2, 0.25) is 17.6 Å². The molecule has 0 bridgehead atoms. The number of amides is 4. The van der Waals surface area contributed by atoms with E-state index in [1.807, 2.05) is 0 Å². The molecule has 6 atom stereocenters. The van der Waals surface area contributed by atoms with Crippen LogP contribution in [0, 0.1) is 46.8 Å². The largest absolute Gasteiger partial charge is 0.508 e. The van der Waals surface area contributed by atoms with Gasteiger partial charge in [-0.2, -0.15) is 0 Å². The van der Waals surface area contributed by atoms with E-state index in [9.17, 15) is 46.2 Å². The van der Waals surface area contributed by atoms with Gasteiger partial charge in [0.1, 0.15) is 11.4 Å². The number of carbonyl (C=O) groups is 4. The number of carbonyl (C=O) groups excluding carboxylic acids is 4. The number of hydrogen-bond acceptors (Lipinski definition) is 5. The lowest BCUT2D eigenvalue weighted by Crippen LogP contribution is -2.60. The van der Waals surface area contributed by atoms with Crippen LogP contribution in [0.25, 0.3) is 0 Å². The summed E-state index contributed by atoms with van der Waals surface area (Å²) < 4.78 is 72.0. The fourth-order valence-electron chi connectivity index (χ4n) is 6.80. The van der Waals surface area contributed by atoms with Crippen LogP contribution in [0.1, 0.15) is 24.3 Å². The smallest absolute Gasteiger partial charge is 0.258 e. The van der Waals surface area contributed by atoms with Gasteiger partial charge in [0.15, 0.2) is 33.0 Å². The summed E-state index contributed by atoms with van der Waals surface area (Å²) in [5, 5.41) is 10.2. The highest BCUT2D eigenvalue weighted by molar-refractivity contribution is 6.58. The molecule has 214 valence electrons. The Morgan fingerprint density at radius 3 is 2.10 bits per heavy atom. The molecule has 4 amide bonds. The van der Waals surface area contributed by atoms with Crippen molar-refractivity contribution in [2.45, 2.75) is 28.5 Å². The Morgan fingerprint density at radius 2 is 1.49 bits per heavy atom. The zero-order chi connectivity index (χ0) is 29.9. The Hall–Kier alpha value is -3.51. The van der Waals surface area contributed by atoms with Crippen LogP contribution in [0.4, 0.5) is 27.6 Å².